The maximum Gasteiger partial charge on any atom is 0.171 e. The Morgan fingerprint density at radius 3 is 2.90 bits per heavy atom. The van der Waals surface area contributed by atoms with E-state index in [2.05, 4.69) is 15.9 Å². The molecule has 1 heterocycles. The van der Waals surface area contributed by atoms with Crippen LogP contribution in [0.15, 0.2) is 21.2 Å². The minimum Gasteiger partial charge on any atom is -0.465 e. The van der Waals surface area contributed by atoms with Crippen molar-refractivity contribution in [3.05, 3.63) is 22.6 Å². The van der Waals surface area contributed by atoms with Gasteiger partial charge in [0.15, 0.2) is 11.9 Å². The van der Waals surface area contributed by atoms with E-state index in [9.17, 15) is 4.39 Å². The standard InChI is InChI=1S/C6H7BrFNO/c7-4-1-2-10-6(4)5(8)3-9/h1-2,5H,3,9H2. The van der Waals surface area contributed by atoms with Gasteiger partial charge < -0.3 is 10.2 Å². The lowest BCUT2D eigenvalue weighted by atomic mass is 10.3. The summed E-state index contributed by atoms with van der Waals surface area (Å²) in [5.74, 6) is 0.266. The normalized spacial score (nSPS) is 13.5. The van der Waals surface area contributed by atoms with Crippen LogP contribution in [0.2, 0.25) is 0 Å². The topological polar surface area (TPSA) is 39.2 Å². The van der Waals surface area contributed by atoms with Gasteiger partial charge in [-0.3, -0.25) is 0 Å². The first kappa shape index (κ1) is 7.75. The third kappa shape index (κ3) is 1.38. The van der Waals surface area contributed by atoms with E-state index < -0.39 is 6.17 Å². The van der Waals surface area contributed by atoms with E-state index >= 15 is 0 Å². The fourth-order valence-corrected chi connectivity index (χ4v) is 1.09. The monoisotopic (exact) mass is 207 g/mol. The highest BCUT2D eigenvalue weighted by molar-refractivity contribution is 9.10. The van der Waals surface area contributed by atoms with Crippen LogP contribution in [-0.2, 0) is 0 Å². The van der Waals surface area contributed by atoms with Gasteiger partial charge in [0.2, 0.25) is 0 Å². The van der Waals surface area contributed by atoms with Crippen molar-refractivity contribution in [1.82, 2.24) is 0 Å². The molecule has 0 saturated heterocycles. The largest absolute Gasteiger partial charge is 0.465 e. The van der Waals surface area contributed by atoms with Crippen molar-refractivity contribution in [2.45, 2.75) is 6.17 Å². The number of furan rings is 1. The first-order valence-corrected chi connectivity index (χ1v) is 3.62. The zero-order valence-corrected chi connectivity index (χ0v) is 6.77. The molecule has 0 aliphatic rings. The molecule has 1 aromatic rings. The molecule has 2 N–H and O–H groups in total. The van der Waals surface area contributed by atoms with Crippen molar-refractivity contribution in [3.63, 3.8) is 0 Å². The highest BCUT2D eigenvalue weighted by Crippen LogP contribution is 2.25. The van der Waals surface area contributed by atoms with Gasteiger partial charge in [0.25, 0.3) is 0 Å². The summed E-state index contributed by atoms with van der Waals surface area (Å²) in [6.45, 7) is -0.0495. The molecule has 0 amide bonds. The van der Waals surface area contributed by atoms with Gasteiger partial charge in [-0.2, -0.15) is 0 Å². The molecule has 1 atom stereocenters. The Kier molecular flexibility index (Phi) is 2.45. The molecule has 2 nitrogen and oxygen atoms in total. The zero-order chi connectivity index (χ0) is 7.56. The molecule has 0 bridgehead atoms. The second-order valence-corrected chi connectivity index (χ2v) is 2.69. The van der Waals surface area contributed by atoms with Crippen LogP contribution >= 0.6 is 15.9 Å². The van der Waals surface area contributed by atoms with Crippen LogP contribution in [0.3, 0.4) is 0 Å². The number of halogens is 2. The molecule has 4 heteroatoms. The van der Waals surface area contributed by atoms with Gasteiger partial charge in [-0.05, 0) is 22.0 Å². The van der Waals surface area contributed by atoms with Crippen LogP contribution in [-0.4, -0.2) is 6.54 Å². The molecular weight excluding hydrogens is 201 g/mol. The zero-order valence-electron chi connectivity index (χ0n) is 5.18. The molecule has 0 spiro atoms. The van der Waals surface area contributed by atoms with Crippen molar-refractivity contribution in [1.29, 1.82) is 0 Å². The van der Waals surface area contributed by atoms with E-state index in [1.165, 1.54) is 6.26 Å². The first-order chi connectivity index (χ1) is 4.75. The van der Waals surface area contributed by atoms with Gasteiger partial charge in [0.05, 0.1) is 10.7 Å². The van der Waals surface area contributed by atoms with E-state index in [1.54, 1.807) is 6.07 Å². The third-order valence-corrected chi connectivity index (χ3v) is 1.79. The van der Waals surface area contributed by atoms with Crippen LogP contribution in [0.25, 0.3) is 0 Å². The Hall–Kier alpha value is -0.350. The Balaban J connectivity index is 2.82. The lowest BCUT2D eigenvalue weighted by molar-refractivity contribution is 0.292. The predicted molar refractivity (Wildman–Crippen MR) is 39.3 cm³/mol. The van der Waals surface area contributed by atoms with Gasteiger partial charge in [0.1, 0.15) is 0 Å². The van der Waals surface area contributed by atoms with E-state index in [1.807, 2.05) is 0 Å². The Morgan fingerprint density at radius 2 is 2.50 bits per heavy atom. The van der Waals surface area contributed by atoms with Gasteiger partial charge >= 0.3 is 0 Å². The summed E-state index contributed by atoms with van der Waals surface area (Å²) in [6.07, 6.45) is 0.214. The van der Waals surface area contributed by atoms with Gasteiger partial charge in [-0.15, -0.1) is 0 Å². The molecule has 0 aliphatic heterocycles. The Bertz CT molecular complexity index is 213. The number of hydrogen-bond donors (Lipinski definition) is 1. The lowest BCUT2D eigenvalue weighted by Crippen LogP contribution is -2.06. The highest BCUT2D eigenvalue weighted by Gasteiger charge is 2.13. The minimum atomic E-state index is -1.20. The van der Waals surface area contributed by atoms with Crippen molar-refractivity contribution in [2.24, 2.45) is 5.73 Å². The van der Waals surface area contributed by atoms with Gasteiger partial charge in [-0.1, -0.05) is 0 Å². The summed E-state index contributed by atoms with van der Waals surface area (Å²) in [7, 11) is 0. The number of hydrogen-bond acceptors (Lipinski definition) is 2. The quantitative estimate of drug-likeness (QED) is 0.807. The smallest absolute Gasteiger partial charge is 0.171 e. The van der Waals surface area contributed by atoms with Crippen LogP contribution in [0, 0.1) is 0 Å². The second-order valence-electron chi connectivity index (χ2n) is 1.84. The third-order valence-electron chi connectivity index (χ3n) is 1.14. The molecule has 1 unspecified atom stereocenters. The first-order valence-electron chi connectivity index (χ1n) is 2.82. The van der Waals surface area contributed by atoms with E-state index in [4.69, 9.17) is 10.2 Å². The average Bonchev–Trinajstić information content (AvgIpc) is 2.34. The molecule has 0 aliphatic carbocycles. The molecule has 56 valence electrons. The molecular formula is C6H7BrFNO. The summed E-state index contributed by atoms with van der Waals surface area (Å²) in [5, 5.41) is 0. The van der Waals surface area contributed by atoms with Crippen LogP contribution in [0.4, 0.5) is 4.39 Å². The molecule has 0 fully saturated rings. The fraction of sp³-hybridized carbons (Fsp3) is 0.333. The molecule has 0 radical (unpaired) electrons. The SMILES string of the molecule is NCC(F)c1occc1Br. The average molecular weight is 208 g/mol. The summed E-state index contributed by atoms with van der Waals surface area (Å²) < 4.78 is 18.2. The Labute approximate surface area is 66.3 Å². The molecule has 1 aromatic heterocycles. The number of alkyl halides is 1. The van der Waals surface area contributed by atoms with E-state index in [0.29, 0.717) is 4.47 Å². The van der Waals surface area contributed by atoms with Crippen LogP contribution in [0.1, 0.15) is 11.9 Å². The van der Waals surface area contributed by atoms with Crippen molar-refractivity contribution in [3.8, 4) is 0 Å². The second kappa shape index (κ2) is 3.16. The fourth-order valence-electron chi connectivity index (χ4n) is 0.636. The van der Waals surface area contributed by atoms with Gasteiger partial charge in [0, 0.05) is 6.54 Å². The van der Waals surface area contributed by atoms with Crippen LogP contribution in [0.5, 0.6) is 0 Å². The van der Waals surface area contributed by atoms with Crippen LogP contribution < -0.4 is 5.73 Å². The van der Waals surface area contributed by atoms with Gasteiger partial charge in [-0.25, -0.2) is 4.39 Å². The molecule has 0 aromatic carbocycles. The molecule has 0 saturated carbocycles. The van der Waals surface area contributed by atoms with E-state index in [0.717, 1.165) is 0 Å². The maximum atomic E-state index is 12.7. The summed E-state index contributed by atoms with van der Waals surface area (Å²) in [4.78, 5) is 0. The summed E-state index contributed by atoms with van der Waals surface area (Å²) >= 11 is 3.12. The minimum absolute atomic E-state index is 0.0495. The Morgan fingerprint density at radius 1 is 1.80 bits per heavy atom. The number of nitrogens with two attached hydrogens (primary N) is 1. The van der Waals surface area contributed by atoms with Crippen molar-refractivity contribution < 1.29 is 8.81 Å². The van der Waals surface area contributed by atoms with E-state index in [-0.39, 0.29) is 12.3 Å². The maximum absolute atomic E-state index is 12.7. The van der Waals surface area contributed by atoms with Crippen molar-refractivity contribution in [2.75, 3.05) is 6.54 Å². The molecule has 10 heavy (non-hydrogen) atoms. The molecule has 1 rings (SSSR count). The number of rotatable bonds is 2. The summed E-state index contributed by atoms with van der Waals surface area (Å²) in [6, 6.07) is 1.64. The highest BCUT2D eigenvalue weighted by atomic mass is 79.9. The summed E-state index contributed by atoms with van der Waals surface area (Å²) in [5.41, 5.74) is 5.08. The predicted octanol–water partition coefficient (Wildman–Crippen LogP) is 2.01. The lowest BCUT2D eigenvalue weighted by Gasteiger charge is -1.99. The van der Waals surface area contributed by atoms with Crippen molar-refractivity contribution >= 4 is 15.9 Å².